The van der Waals surface area contributed by atoms with Gasteiger partial charge in [0, 0.05) is 6.04 Å². The monoisotopic (exact) mass is 259 g/mol. The first kappa shape index (κ1) is 14.1. The Morgan fingerprint density at radius 3 is 2.47 bits per heavy atom. The second kappa shape index (κ2) is 6.74. The summed E-state index contributed by atoms with van der Waals surface area (Å²) in [5, 5.41) is 3.21. The summed E-state index contributed by atoms with van der Waals surface area (Å²) in [5.41, 5.74) is 3.62. The lowest BCUT2D eigenvalue weighted by atomic mass is 10.0. The number of amides is 1. The Labute approximate surface area is 116 Å². The molecule has 1 N–H and O–H groups in total. The van der Waals surface area contributed by atoms with Crippen LogP contribution in [-0.4, -0.2) is 11.9 Å². The topological polar surface area (TPSA) is 29.1 Å². The maximum Gasteiger partial charge on any atom is 0.224 e. The summed E-state index contributed by atoms with van der Waals surface area (Å²) in [7, 11) is 0. The van der Waals surface area contributed by atoms with Gasteiger partial charge in [-0.15, -0.1) is 0 Å². The molecule has 104 valence electrons. The summed E-state index contributed by atoms with van der Waals surface area (Å²) in [6.07, 6.45) is 7.98. The van der Waals surface area contributed by atoms with E-state index in [1.807, 2.05) is 0 Å². The van der Waals surface area contributed by atoms with Crippen molar-refractivity contribution in [2.24, 2.45) is 0 Å². The predicted octanol–water partition coefficient (Wildman–Crippen LogP) is 3.68. The van der Waals surface area contributed by atoms with Gasteiger partial charge in [-0.05, 0) is 37.8 Å². The minimum atomic E-state index is 0.179. The smallest absolute Gasteiger partial charge is 0.224 e. The molecule has 19 heavy (non-hydrogen) atoms. The molecule has 1 fully saturated rings. The van der Waals surface area contributed by atoms with Crippen LogP contribution >= 0.6 is 0 Å². The number of carbonyl (C=O) groups excluding carboxylic acids is 1. The molecule has 1 aromatic carbocycles. The Hall–Kier alpha value is -1.31. The van der Waals surface area contributed by atoms with Crippen molar-refractivity contribution in [3.8, 4) is 0 Å². The van der Waals surface area contributed by atoms with E-state index in [9.17, 15) is 4.79 Å². The zero-order valence-corrected chi connectivity index (χ0v) is 12.2. The normalized spacial score (nSPS) is 16.9. The molecule has 0 aliphatic heterocycles. The molecule has 1 amide bonds. The van der Waals surface area contributed by atoms with E-state index in [-0.39, 0.29) is 5.91 Å². The Morgan fingerprint density at radius 1 is 1.16 bits per heavy atom. The number of carbonyl (C=O) groups is 1. The molecule has 0 heterocycles. The standard InChI is InChI=1S/C17H25NO/c1-13-9-10-15(14(2)11-13)12-17(19)18-16-7-5-3-4-6-8-16/h9-11,16H,3-8,12H2,1-2H3,(H,18,19). The van der Waals surface area contributed by atoms with Crippen molar-refractivity contribution in [2.75, 3.05) is 0 Å². The van der Waals surface area contributed by atoms with E-state index in [0.717, 1.165) is 18.4 Å². The fourth-order valence-corrected chi connectivity index (χ4v) is 2.92. The fourth-order valence-electron chi connectivity index (χ4n) is 2.92. The Balaban J connectivity index is 1.89. The molecular formula is C17H25NO. The molecule has 0 atom stereocenters. The Morgan fingerprint density at radius 2 is 1.84 bits per heavy atom. The van der Waals surface area contributed by atoms with Gasteiger partial charge in [0.25, 0.3) is 0 Å². The molecule has 2 nitrogen and oxygen atoms in total. The van der Waals surface area contributed by atoms with Gasteiger partial charge in [-0.3, -0.25) is 4.79 Å². The van der Waals surface area contributed by atoms with Crippen LogP contribution < -0.4 is 5.32 Å². The molecule has 1 aliphatic carbocycles. The van der Waals surface area contributed by atoms with Crippen LogP contribution in [0.5, 0.6) is 0 Å². The lowest BCUT2D eigenvalue weighted by Gasteiger charge is -2.16. The van der Waals surface area contributed by atoms with Crippen LogP contribution in [0.4, 0.5) is 0 Å². The van der Waals surface area contributed by atoms with Gasteiger partial charge >= 0.3 is 0 Å². The third-order valence-corrected chi connectivity index (χ3v) is 4.07. The quantitative estimate of drug-likeness (QED) is 0.824. The minimum absolute atomic E-state index is 0.179. The van der Waals surface area contributed by atoms with Crippen LogP contribution in [0.15, 0.2) is 18.2 Å². The summed E-state index contributed by atoms with van der Waals surface area (Å²) < 4.78 is 0. The number of hydrogen-bond donors (Lipinski definition) is 1. The highest BCUT2D eigenvalue weighted by Crippen LogP contribution is 2.17. The van der Waals surface area contributed by atoms with Crippen molar-refractivity contribution in [3.63, 3.8) is 0 Å². The Bertz CT molecular complexity index is 431. The van der Waals surface area contributed by atoms with E-state index in [0.29, 0.717) is 12.5 Å². The largest absolute Gasteiger partial charge is 0.353 e. The maximum absolute atomic E-state index is 12.1. The highest BCUT2D eigenvalue weighted by atomic mass is 16.1. The second-order valence-electron chi connectivity index (χ2n) is 5.86. The van der Waals surface area contributed by atoms with Crippen LogP contribution in [0.25, 0.3) is 0 Å². The summed E-state index contributed by atoms with van der Waals surface area (Å²) >= 11 is 0. The van der Waals surface area contributed by atoms with E-state index in [2.05, 4.69) is 37.4 Å². The van der Waals surface area contributed by atoms with Gasteiger partial charge in [0.2, 0.25) is 5.91 Å². The minimum Gasteiger partial charge on any atom is -0.353 e. The van der Waals surface area contributed by atoms with E-state index in [1.165, 1.54) is 36.8 Å². The van der Waals surface area contributed by atoms with E-state index >= 15 is 0 Å². The summed E-state index contributed by atoms with van der Waals surface area (Å²) in [6.45, 7) is 4.17. The highest BCUT2D eigenvalue weighted by Gasteiger charge is 2.15. The first-order chi connectivity index (χ1) is 9.15. The van der Waals surface area contributed by atoms with Crippen molar-refractivity contribution < 1.29 is 4.79 Å². The molecule has 0 spiro atoms. The summed E-state index contributed by atoms with van der Waals surface area (Å²) in [6, 6.07) is 6.72. The third-order valence-electron chi connectivity index (χ3n) is 4.07. The van der Waals surface area contributed by atoms with Gasteiger partial charge in [0.15, 0.2) is 0 Å². The first-order valence-electron chi connectivity index (χ1n) is 7.50. The predicted molar refractivity (Wildman–Crippen MR) is 79.3 cm³/mol. The molecule has 0 radical (unpaired) electrons. The van der Waals surface area contributed by atoms with Crippen LogP contribution in [0.3, 0.4) is 0 Å². The zero-order valence-electron chi connectivity index (χ0n) is 12.2. The third kappa shape index (κ3) is 4.38. The molecule has 0 aromatic heterocycles. The molecule has 2 rings (SSSR count). The highest BCUT2D eigenvalue weighted by molar-refractivity contribution is 5.79. The average Bonchev–Trinajstić information content (AvgIpc) is 2.61. The van der Waals surface area contributed by atoms with Crippen LogP contribution in [-0.2, 0) is 11.2 Å². The first-order valence-corrected chi connectivity index (χ1v) is 7.50. The van der Waals surface area contributed by atoms with Crippen molar-refractivity contribution in [1.29, 1.82) is 0 Å². The van der Waals surface area contributed by atoms with E-state index in [1.54, 1.807) is 0 Å². The van der Waals surface area contributed by atoms with Gasteiger partial charge < -0.3 is 5.32 Å². The molecule has 0 bridgehead atoms. The number of hydrogen-bond acceptors (Lipinski definition) is 1. The summed E-state index contributed by atoms with van der Waals surface area (Å²) in [5.74, 6) is 0.179. The van der Waals surface area contributed by atoms with Crippen molar-refractivity contribution in [1.82, 2.24) is 5.32 Å². The number of nitrogens with one attached hydrogen (secondary N) is 1. The lowest BCUT2D eigenvalue weighted by molar-refractivity contribution is -0.121. The van der Waals surface area contributed by atoms with E-state index in [4.69, 9.17) is 0 Å². The molecule has 1 aromatic rings. The van der Waals surface area contributed by atoms with Crippen molar-refractivity contribution in [2.45, 2.75) is 64.8 Å². The van der Waals surface area contributed by atoms with Crippen LogP contribution in [0, 0.1) is 13.8 Å². The second-order valence-corrected chi connectivity index (χ2v) is 5.86. The van der Waals surface area contributed by atoms with Crippen LogP contribution in [0.1, 0.15) is 55.2 Å². The van der Waals surface area contributed by atoms with Gasteiger partial charge in [-0.2, -0.15) is 0 Å². The average molecular weight is 259 g/mol. The zero-order chi connectivity index (χ0) is 13.7. The molecule has 0 unspecified atom stereocenters. The number of aryl methyl sites for hydroxylation is 2. The van der Waals surface area contributed by atoms with Crippen LogP contribution in [0.2, 0.25) is 0 Å². The molecule has 0 saturated heterocycles. The lowest BCUT2D eigenvalue weighted by Crippen LogP contribution is -2.35. The van der Waals surface area contributed by atoms with E-state index < -0.39 is 0 Å². The SMILES string of the molecule is Cc1ccc(CC(=O)NC2CCCCCC2)c(C)c1. The van der Waals surface area contributed by atoms with Gasteiger partial charge in [0.1, 0.15) is 0 Å². The Kier molecular flexibility index (Phi) is 5.00. The molecular weight excluding hydrogens is 234 g/mol. The molecule has 1 saturated carbocycles. The van der Waals surface area contributed by atoms with Crippen molar-refractivity contribution in [3.05, 3.63) is 34.9 Å². The maximum atomic E-state index is 12.1. The molecule has 2 heteroatoms. The fraction of sp³-hybridized carbons (Fsp3) is 0.588. The van der Waals surface area contributed by atoms with Crippen molar-refractivity contribution >= 4 is 5.91 Å². The van der Waals surface area contributed by atoms with Gasteiger partial charge in [-0.25, -0.2) is 0 Å². The molecule has 1 aliphatic rings. The number of rotatable bonds is 3. The van der Waals surface area contributed by atoms with Gasteiger partial charge in [-0.1, -0.05) is 49.4 Å². The van der Waals surface area contributed by atoms with Gasteiger partial charge in [0.05, 0.1) is 6.42 Å². The summed E-state index contributed by atoms with van der Waals surface area (Å²) in [4.78, 5) is 12.1. The number of benzene rings is 1.